The predicted octanol–water partition coefficient (Wildman–Crippen LogP) is 2.86. The van der Waals surface area contributed by atoms with Crippen LogP contribution in [-0.4, -0.2) is 26.8 Å². The quantitative estimate of drug-likeness (QED) is 0.874. The minimum absolute atomic E-state index is 0.0561. The number of carboxylic acids is 1. The SMILES string of the molecule is CC(C)(C)c1nc(CSC(C)(C)[C@@H](N)C(=O)O)cs1. The molecule has 1 heterocycles. The van der Waals surface area contributed by atoms with Crippen LogP contribution in [0.15, 0.2) is 5.38 Å². The fourth-order valence-corrected chi connectivity index (χ4v) is 3.33. The molecule has 0 aliphatic rings. The number of hydrogen-bond donors (Lipinski definition) is 2. The first kappa shape index (κ1) is 16.5. The second kappa shape index (κ2) is 5.81. The van der Waals surface area contributed by atoms with Gasteiger partial charge >= 0.3 is 5.97 Å². The Labute approximate surface area is 122 Å². The lowest BCUT2D eigenvalue weighted by Gasteiger charge is -2.27. The van der Waals surface area contributed by atoms with E-state index in [9.17, 15) is 4.79 Å². The molecule has 19 heavy (non-hydrogen) atoms. The molecule has 0 spiro atoms. The van der Waals surface area contributed by atoms with Crippen molar-refractivity contribution in [1.29, 1.82) is 0 Å². The Morgan fingerprint density at radius 1 is 1.47 bits per heavy atom. The van der Waals surface area contributed by atoms with Crippen LogP contribution >= 0.6 is 23.1 Å². The zero-order valence-corrected chi connectivity index (χ0v) is 13.7. The van der Waals surface area contributed by atoms with Gasteiger partial charge in [0.1, 0.15) is 6.04 Å². The highest BCUT2D eigenvalue weighted by Crippen LogP contribution is 2.32. The van der Waals surface area contributed by atoms with Crippen LogP contribution in [0.1, 0.15) is 45.3 Å². The smallest absolute Gasteiger partial charge is 0.321 e. The molecule has 0 bridgehead atoms. The van der Waals surface area contributed by atoms with Crippen molar-refractivity contribution in [3.8, 4) is 0 Å². The number of hydrogen-bond acceptors (Lipinski definition) is 5. The molecule has 108 valence electrons. The number of thiazole rings is 1. The van der Waals surface area contributed by atoms with Gasteiger partial charge in [-0.2, -0.15) is 0 Å². The highest BCUT2D eigenvalue weighted by molar-refractivity contribution is 7.99. The van der Waals surface area contributed by atoms with Crippen LogP contribution < -0.4 is 5.73 Å². The molecule has 0 aromatic carbocycles. The van der Waals surface area contributed by atoms with Gasteiger partial charge in [-0.05, 0) is 13.8 Å². The number of carbonyl (C=O) groups is 1. The van der Waals surface area contributed by atoms with Crippen LogP contribution in [0.4, 0.5) is 0 Å². The van der Waals surface area contributed by atoms with E-state index in [1.165, 1.54) is 11.8 Å². The minimum Gasteiger partial charge on any atom is -0.480 e. The van der Waals surface area contributed by atoms with Gasteiger partial charge in [-0.1, -0.05) is 20.8 Å². The molecule has 0 aliphatic carbocycles. The van der Waals surface area contributed by atoms with Crippen LogP contribution in [-0.2, 0) is 16.0 Å². The third-order valence-electron chi connectivity index (χ3n) is 2.80. The Balaban J connectivity index is 2.67. The maximum Gasteiger partial charge on any atom is 0.321 e. The number of aliphatic carboxylic acids is 1. The first-order valence-corrected chi connectivity index (χ1v) is 7.98. The number of rotatable bonds is 5. The number of carboxylic acid groups (broad SMARTS) is 1. The number of aromatic nitrogens is 1. The van der Waals surface area contributed by atoms with Crippen molar-refractivity contribution < 1.29 is 9.90 Å². The fourth-order valence-electron chi connectivity index (χ4n) is 1.36. The van der Waals surface area contributed by atoms with Crippen LogP contribution in [0, 0.1) is 0 Å². The summed E-state index contributed by atoms with van der Waals surface area (Å²) in [5.41, 5.74) is 6.74. The van der Waals surface area contributed by atoms with E-state index in [4.69, 9.17) is 10.8 Å². The molecule has 0 amide bonds. The van der Waals surface area contributed by atoms with Crippen molar-refractivity contribution in [3.05, 3.63) is 16.1 Å². The summed E-state index contributed by atoms with van der Waals surface area (Å²) in [5, 5.41) is 12.1. The van der Waals surface area contributed by atoms with Gasteiger partial charge in [0.25, 0.3) is 0 Å². The summed E-state index contributed by atoms with van der Waals surface area (Å²) in [7, 11) is 0. The Morgan fingerprint density at radius 2 is 2.05 bits per heavy atom. The van der Waals surface area contributed by atoms with Crippen molar-refractivity contribution in [3.63, 3.8) is 0 Å². The maximum atomic E-state index is 10.9. The van der Waals surface area contributed by atoms with Gasteiger partial charge in [-0.25, -0.2) is 4.98 Å². The molecule has 0 aliphatic heterocycles. The Bertz CT molecular complexity index is 450. The summed E-state index contributed by atoms with van der Waals surface area (Å²) < 4.78 is -0.517. The molecule has 6 heteroatoms. The van der Waals surface area contributed by atoms with E-state index in [0.29, 0.717) is 5.75 Å². The van der Waals surface area contributed by atoms with Crippen molar-refractivity contribution >= 4 is 29.1 Å². The molecular weight excluding hydrogens is 280 g/mol. The third kappa shape index (κ3) is 4.47. The molecular formula is C13H22N2O2S2. The number of nitrogens with zero attached hydrogens (tertiary/aromatic N) is 1. The summed E-state index contributed by atoms with van der Waals surface area (Å²) in [6.07, 6.45) is 0. The van der Waals surface area contributed by atoms with E-state index < -0.39 is 16.8 Å². The number of nitrogens with two attached hydrogens (primary N) is 1. The summed E-state index contributed by atoms with van der Waals surface area (Å²) in [6.45, 7) is 10.1. The predicted molar refractivity (Wildman–Crippen MR) is 81.8 cm³/mol. The molecule has 1 aromatic rings. The molecule has 4 nitrogen and oxygen atoms in total. The van der Waals surface area contributed by atoms with E-state index in [2.05, 4.69) is 25.8 Å². The lowest BCUT2D eigenvalue weighted by Crippen LogP contribution is -2.46. The molecule has 1 aromatic heterocycles. The van der Waals surface area contributed by atoms with E-state index in [1.807, 2.05) is 19.2 Å². The molecule has 1 atom stereocenters. The topological polar surface area (TPSA) is 76.2 Å². The molecule has 0 unspecified atom stereocenters. The van der Waals surface area contributed by atoms with Gasteiger partial charge in [0.05, 0.1) is 10.7 Å². The molecule has 0 saturated carbocycles. The fraction of sp³-hybridized carbons (Fsp3) is 0.692. The van der Waals surface area contributed by atoms with Gasteiger partial charge in [-0.3, -0.25) is 4.79 Å². The maximum absolute atomic E-state index is 10.9. The van der Waals surface area contributed by atoms with E-state index in [1.54, 1.807) is 11.3 Å². The highest BCUT2D eigenvalue weighted by Gasteiger charge is 2.32. The van der Waals surface area contributed by atoms with Gasteiger partial charge in [0, 0.05) is 21.3 Å². The van der Waals surface area contributed by atoms with Crippen LogP contribution in [0.2, 0.25) is 0 Å². The zero-order valence-electron chi connectivity index (χ0n) is 12.1. The van der Waals surface area contributed by atoms with Gasteiger partial charge in [0.2, 0.25) is 0 Å². The van der Waals surface area contributed by atoms with Crippen molar-refractivity contribution in [1.82, 2.24) is 4.98 Å². The zero-order chi connectivity index (χ0) is 14.8. The normalized spacial score (nSPS) is 14.4. The number of thioether (sulfide) groups is 1. The average molecular weight is 302 g/mol. The van der Waals surface area contributed by atoms with Crippen LogP contribution in [0.25, 0.3) is 0 Å². The standard InChI is InChI=1S/C13H22N2O2S2/c1-12(2,3)11-15-8(6-18-11)7-19-13(4,5)9(14)10(16)17/h6,9H,7,14H2,1-5H3,(H,16,17)/t9-/m0/s1. The molecule has 0 saturated heterocycles. The van der Waals surface area contributed by atoms with E-state index >= 15 is 0 Å². The van der Waals surface area contributed by atoms with Crippen LogP contribution in [0.3, 0.4) is 0 Å². The molecule has 1 rings (SSSR count). The average Bonchev–Trinajstić information content (AvgIpc) is 2.73. The Hall–Kier alpha value is -0.590. The molecule has 3 N–H and O–H groups in total. The monoisotopic (exact) mass is 302 g/mol. The second-order valence-corrected chi connectivity index (χ2v) is 8.59. The van der Waals surface area contributed by atoms with Crippen molar-refractivity contribution in [2.24, 2.45) is 5.73 Å². The third-order valence-corrected chi connectivity index (χ3v) is 5.56. The lowest BCUT2D eigenvalue weighted by atomic mass is 9.98. The largest absolute Gasteiger partial charge is 0.480 e. The van der Waals surface area contributed by atoms with Crippen LogP contribution in [0.5, 0.6) is 0 Å². The van der Waals surface area contributed by atoms with Crippen molar-refractivity contribution in [2.45, 2.75) is 56.6 Å². The summed E-state index contributed by atoms with van der Waals surface area (Å²) in [4.78, 5) is 15.5. The molecule has 0 radical (unpaired) electrons. The summed E-state index contributed by atoms with van der Waals surface area (Å²) >= 11 is 3.18. The summed E-state index contributed by atoms with van der Waals surface area (Å²) in [6, 6.07) is -0.877. The van der Waals surface area contributed by atoms with E-state index in [-0.39, 0.29) is 5.41 Å². The summed E-state index contributed by atoms with van der Waals surface area (Å²) in [5.74, 6) is -0.285. The molecule has 0 fully saturated rings. The van der Waals surface area contributed by atoms with Gasteiger partial charge < -0.3 is 10.8 Å². The highest BCUT2D eigenvalue weighted by atomic mass is 32.2. The van der Waals surface area contributed by atoms with Gasteiger partial charge in [0.15, 0.2) is 0 Å². The minimum atomic E-state index is -0.967. The second-order valence-electron chi connectivity index (χ2n) is 6.10. The Kier molecular flexibility index (Phi) is 5.03. The van der Waals surface area contributed by atoms with Gasteiger partial charge in [-0.15, -0.1) is 23.1 Å². The Morgan fingerprint density at radius 3 is 2.47 bits per heavy atom. The van der Waals surface area contributed by atoms with Crippen molar-refractivity contribution in [2.75, 3.05) is 0 Å². The first-order chi connectivity index (χ1) is 8.54. The first-order valence-electron chi connectivity index (χ1n) is 6.11. The van der Waals surface area contributed by atoms with E-state index in [0.717, 1.165) is 10.7 Å². The lowest BCUT2D eigenvalue weighted by molar-refractivity contribution is -0.139.